The lowest BCUT2D eigenvalue weighted by Gasteiger charge is -2.14. The van der Waals surface area contributed by atoms with Crippen LogP contribution in [0, 0.1) is 5.92 Å². The van der Waals surface area contributed by atoms with Gasteiger partial charge in [0.1, 0.15) is 0 Å². The van der Waals surface area contributed by atoms with Gasteiger partial charge >= 0.3 is 0 Å². The van der Waals surface area contributed by atoms with Crippen LogP contribution in [-0.2, 0) is 4.79 Å². The number of rotatable bonds is 7. The van der Waals surface area contributed by atoms with E-state index in [9.17, 15) is 4.79 Å². The second-order valence-electron chi connectivity index (χ2n) is 4.85. The summed E-state index contributed by atoms with van der Waals surface area (Å²) >= 11 is 0. The summed E-state index contributed by atoms with van der Waals surface area (Å²) in [6, 6.07) is 10.4. The fourth-order valence-corrected chi connectivity index (χ4v) is 1.93. The van der Waals surface area contributed by atoms with Crippen molar-refractivity contribution in [2.24, 2.45) is 5.92 Å². The number of nitrogens with one attached hydrogen (secondary N) is 2. The molecule has 1 aromatic carbocycles. The quantitative estimate of drug-likeness (QED) is 0.776. The van der Waals surface area contributed by atoms with Gasteiger partial charge in [-0.25, -0.2) is 0 Å². The Kier molecular flexibility index (Phi) is 6.44. The largest absolute Gasteiger partial charge is 0.356 e. The van der Waals surface area contributed by atoms with Crippen molar-refractivity contribution < 1.29 is 4.79 Å². The van der Waals surface area contributed by atoms with Crippen LogP contribution in [0.25, 0.3) is 0 Å². The second kappa shape index (κ2) is 7.88. The van der Waals surface area contributed by atoms with Crippen LogP contribution in [0.1, 0.15) is 31.7 Å². The standard InChI is InChI=1S/C15H24N2O/c1-12(14-7-5-4-6-8-14)9-10-17-15(18)13(2)11-16-3/h4-8,12-13,16H,9-11H2,1-3H3,(H,17,18). The Morgan fingerprint density at radius 2 is 1.89 bits per heavy atom. The third-order valence-electron chi connectivity index (χ3n) is 3.20. The van der Waals surface area contributed by atoms with Crippen molar-refractivity contribution in [1.82, 2.24) is 10.6 Å². The molecule has 0 saturated carbocycles. The van der Waals surface area contributed by atoms with Gasteiger partial charge in [-0.15, -0.1) is 0 Å². The molecular weight excluding hydrogens is 224 g/mol. The molecule has 3 heteroatoms. The van der Waals surface area contributed by atoms with Crippen LogP contribution in [0.15, 0.2) is 30.3 Å². The molecule has 1 aromatic rings. The molecule has 100 valence electrons. The normalized spacial score (nSPS) is 13.9. The van der Waals surface area contributed by atoms with Crippen molar-refractivity contribution in [3.05, 3.63) is 35.9 Å². The average Bonchev–Trinajstić information content (AvgIpc) is 2.39. The van der Waals surface area contributed by atoms with E-state index in [0.717, 1.165) is 19.5 Å². The van der Waals surface area contributed by atoms with Crippen molar-refractivity contribution in [2.75, 3.05) is 20.1 Å². The zero-order valence-corrected chi connectivity index (χ0v) is 11.6. The molecule has 0 aromatic heterocycles. The summed E-state index contributed by atoms with van der Waals surface area (Å²) in [4.78, 5) is 11.7. The van der Waals surface area contributed by atoms with E-state index in [0.29, 0.717) is 5.92 Å². The van der Waals surface area contributed by atoms with Crippen LogP contribution >= 0.6 is 0 Å². The van der Waals surface area contributed by atoms with E-state index in [1.807, 2.05) is 20.0 Å². The molecule has 1 amide bonds. The van der Waals surface area contributed by atoms with Gasteiger partial charge in [-0.2, -0.15) is 0 Å². The van der Waals surface area contributed by atoms with Crippen LogP contribution < -0.4 is 10.6 Å². The van der Waals surface area contributed by atoms with Gasteiger partial charge in [0, 0.05) is 19.0 Å². The van der Waals surface area contributed by atoms with Gasteiger partial charge in [0.05, 0.1) is 0 Å². The summed E-state index contributed by atoms with van der Waals surface area (Å²) in [6.07, 6.45) is 0.974. The number of benzene rings is 1. The van der Waals surface area contributed by atoms with E-state index >= 15 is 0 Å². The number of carbonyl (C=O) groups excluding carboxylic acids is 1. The first-order chi connectivity index (χ1) is 8.65. The number of amides is 1. The number of hydrogen-bond donors (Lipinski definition) is 2. The summed E-state index contributed by atoms with van der Waals surface area (Å²) in [5, 5.41) is 6.00. The van der Waals surface area contributed by atoms with E-state index in [1.165, 1.54) is 5.56 Å². The van der Waals surface area contributed by atoms with Crippen molar-refractivity contribution >= 4 is 5.91 Å². The molecular formula is C15H24N2O. The summed E-state index contributed by atoms with van der Waals surface area (Å²) in [5.74, 6) is 0.637. The summed E-state index contributed by atoms with van der Waals surface area (Å²) < 4.78 is 0. The maximum atomic E-state index is 11.7. The molecule has 2 atom stereocenters. The Morgan fingerprint density at radius 3 is 2.50 bits per heavy atom. The SMILES string of the molecule is CNCC(C)C(=O)NCCC(C)c1ccccc1. The molecule has 2 unspecified atom stereocenters. The van der Waals surface area contributed by atoms with Gasteiger partial charge in [-0.05, 0) is 24.9 Å². The van der Waals surface area contributed by atoms with Gasteiger partial charge in [0.25, 0.3) is 0 Å². The Morgan fingerprint density at radius 1 is 1.22 bits per heavy atom. The Balaban J connectivity index is 2.27. The summed E-state index contributed by atoms with van der Waals surface area (Å²) in [7, 11) is 1.86. The van der Waals surface area contributed by atoms with E-state index < -0.39 is 0 Å². The van der Waals surface area contributed by atoms with Crippen molar-refractivity contribution in [1.29, 1.82) is 0 Å². The molecule has 2 N–H and O–H groups in total. The molecule has 18 heavy (non-hydrogen) atoms. The highest BCUT2D eigenvalue weighted by Crippen LogP contribution is 2.17. The molecule has 0 radical (unpaired) electrons. The van der Waals surface area contributed by atoms with Gasteiger partial charge in [0.2, 0.25) is 5.91 Å². The lowest BCUT2D eigenvalue weighted by Crippen LogP contribution is -2.35. The first-order valence-electron chi connectivity index (χ1n) is 6.62. The van der Waals surface area contributed by atoms with E-state index in [2.05, 4.69) is 41.8 Å². The van der Waals surface area contributed by atoms with E-state index in [4.69, 9.17) is 0 Å². The summed E-state index contributed by atoms with van der Waals surface area (Å²) in [6.45, 7) is 5.59. The second-order valence-corrected chi connectivity index (χ2v) is 4.85. The zero-order valence-electron chi connectivity index (χ0n) is 11.6. The molecule has 0 fully saturated rings. The fraction of sp³-hybridized carbons (Fsp3) is 0.533. The predicted molar refractivity (Wildman–Crippen MR) is 75.6 cm³/mol. The van der Waals surface area contributed by atoms with Crippen molar-refractivity contribution in [2.45, 2.75) is 26.2 Å². The lowest BCUT2D eigenvalue weighted by atomic mass is 9.98. The minimum Gasteiger partial charge on any atom is -0.356 e. The Bertz CT molecular complexity index is 351. The number of carbonyl (C=O) groups is 1. The maximum Gasteiger partial charge on any atom is 0.224 e. The Labute approximate surface area is 110 Å². The fourth-order valence-electron chi connectivity index (χ4n) is 1.93. The third-order valence-corrected chi connectivity index (χ3v) is 3.20. The van der Waals surface area contributed by atoms with Gasteiger partial charge < -0.3 is 10.6 Å². The van der Waals surface area contributed by atoms with Crippen LogP contribution in [0.2, 0.25) is 0 Å². The minimum absolute atomic E-state index is 0.0297. The van der Waals surface area contributed by atoms with Crippen LogP contribution in [0.4, 0.5) is 0 Å². The molecule has 0 spiro atoms. The first kappa shape index (κ1) is 14.7. The maximum absolute atomic E-state index is 11.7. The Hall–Kier alpha value is -1.35. The molecule has 0 aliphatic rings. The molecule has 3 nitrogen and oxygen atoms in total. The highest BCUT2D eigenvalue weighted by Gasteiger charge is 2.11. The van der Waals surface area contributed by atoms with Gasteiger partial charge in [-0.3, -0.25) is 4.79 Å². The molecule has 0 bridgehead atoms. The minimum atomic E-state index is 0.0297. The molecule has 0 aliphatic heterocycles. The van der Waals surface area contributed by atoms with Gasteiger partial charge in [-0.1, -0.05) is 44.2 Å². The molecule has 1 rings (SSSR count). The third kappa shape index (κ3) is 4.88. The van der Waals surface area contributed by atoms with Crippen molar-refractivity contribution in [3.63, 3.8) is 0 Å². The molecule has 0 heterocycles. The molecule has 0 aliphatic carbocycles. The smallest absolute Gasteiger partial charge is 0.224 e. The zero-order chi connectivity index (χ0) is 13.4. The topological polar surface area (TPSA) is 41.1 Å². The van der Waals surface area contributed by atoms with Crippen LogP contribution in [-0.4, -0.2) is 26.0 Å². The first-order valence-corrected chi connectivity index (χ1v) is 6.62. The predicted octanol–water partition coefficient (Wildman–Crippen LogP) is 2.15. The van der Waals surface area contributed by atoms with E-state index in [-0.39, 0.29) is 11.8 Å². The summed E-state index contributed by atoms with van der Waals surface area (Å²) in [5.41, 5.74) is 1.33. The van der Waals surface area contributed by atoms with Gasteiger partial charge in [0.15, 0.2) is 0 Å². The molecule has 0 saturated heterocycles. The van der Waals surface area contributed by atoms with Crippen LogP contribution in [0.3, 0.4) is 0 Å². The van der Waals surface area contributed by atoms with Crippen LogP contribution in [0.5, 0.6) is 0 Å². The monoisotopic (exact) mass is 248 g/mol. The highest BCUT2D eigenvalue weighted by molar-refractivity contribution is 5.78. The average molecular weight is 248 g/mol. The van der Waals surface area contributed by atoms with E-state index in [1.54, 1.807) is 0 Å². The highest BCUT2D eigenvalue weighted by atomic mass is 16.1. The lowest BCUT2D eigenvalue weighted by molar-refractivity contribution is -0.124. The van der Waals surface area contributed by atoms with Crippen molar-refractivity contribution in [3.8, 4) is 0 Å². The number of hydrogen-bond acceptors (Lipinski definition) is 2.